The molecule has 0 unspecified atom stereocenters. The third-order valence-electron chi connectivity index (χ3n) is 3.85. The number of anilines is 2. The molecule has 0 aliphatic heterocycles. The third kappa shape index (κ3) is 3.43. The van der Waals surface area contributed by atoms with Gasteiger partial charge in [-0.15, -0.1) is 0 Å². The number of nitrogens with one attached hydrogen (secondary N) is 1. The number of hydrogen-bond acceptors (Lipinski definition) is 5. The Hall–Kier alpha value is -3.18. The molecule has 6 heteroatoms. The van der Waals surface area contributed by atoms with Gasteiger partial charge in [0.25, 0.3) is 0 Å². The topological polar surface area (TPSA) is 59.9 Å². The van der Waals surface area contributed by atoms with Crippen molar-refractivity contribution in [3.8, 4) is 11.5 Å². The number of fused-ring (bicyclic) bond motifs is 1. The predicted octanol–water partition coefficient (Wildman–Crippen LogP) is 5.52. The lowest BCUT2D eigenvalue weighted by Crippen LogP contribution is -1.96. The summed E-state index contributed by atoms with van der Waals surface area (Å²) in [7, 11) is 0. The van der Waals surface area contributed by atoms with Gasteiger partial charge in [-0.1, -0.05) is 23.7 Å². The summed E-state index contributed by atoms with van der Waals surface area (Å²) >= 11 is 6.38. The van der Waals surface area contributed by atoms with E-state index in [0.29, 0.717) is 16.5 Å². The molecule has 1 N–H and O–H groups in total. The maximum Gasteiger partial charge on any atom is 0.146 e. The first-order chi connectivity index (χ1) is 12.7. The van der Waals surface area contributed by atoms with Crippen molar-refractivity contribution in [1.29, 1.82) is 0 Å². The summed E-state index contributed by atoms with van der Waals surface area (Å²) in [6, 6.07) is 17.1. The van der Waals surface area contributed by atoms with Gasteiger partial charge < -0.3 is 10.1 Å². The van der Waals surface area contributed by atoms with Gasteiger partial charge in [0.1, 0.15) is 23.6 Å². The van der Waals surface area contributed by atoms with Gasteiger partial charge in [0.15, 0.2) is 0 Å². The Labute approximate surface area is 155 Å². The Balaban J connectivity index is 1.58. The molecule has 0 radical (unpaired) electrons. The van der Waals surface area contributed by atoms with E-state index >= 15 is 0 Å². The Morgan fingerprint density at radius 3 is 2.65 bits per heavy atom. The summed E-state index contributed by atoms with van der Waals surface area (Å²) in [5, 5.41) is 4.72. The van der Waals surface area contributed by atoms with E-state index in [9.17, 15) is 0 Å². The molecule has 0 aliphatic rings. The van der Waals surface area contributed by atoms with Crippen LogP contribution < -0.4 is 10.1 Å². The van der Waals surface area contributed by atoms with E-state index in [-0.39, 0.29) is 0 Å². The zero-order valence-electron chi connectivity index (χ0n) is 14.0. The molecule has 26 heavy (non-hydrogen) atoms. The number of nitrogens with zero attached hydrogens (tertiary/aromatic N) is 3. The molecule has 0 fully saturated rings. The second-order valence-corrected chi connectivity index (χ2v) is 6.15. The molecule has 0 aliphatic carbocycles. The summed E-state index contributed by atoms with van der Waals surface area (Å²) in [5.41, 5.74) is 2.62. The molecule has 0 amide bonds. The van der Waals surface area contributed by atoms with Gasteiger partial charge in [0.05, 0.1) is 16.7 Å². The molecule has 128 valence electrons. The standard InChI is InChI=1S/C20H15ClN4O/c1-13-6-8-15(11-22-13)26-19-9-7-14(10-17(19)21)25-20-16-4-2-3-5-18(16)23-12-24-20/h2-12H,1H3,(H,23,24,25). The molecule has 2 aromatic carbocycles. The van der Waals surface area contributed by atoms with Crippen molar-refractivity contribution >= 4 is 34.0 Å². The normalized spacial score (nSPS) is 10.7. The average molecular weight is 363 g/mol. The van der Waals surface area contributed by atoms with Gasteiger partial charge in [0.2, 0.25) is 0 Å². The summed E-state index contributed by atoms with van der Waals surface area (Å²) in [6.45, 7) is 1.92. The fourth-order valence-corrected chi connectivity index (χ4v) is 2.76. The van der Waals surface area contributed by atoms with E-state index in [1.807, 2.05) is 55.5 Å². The van der Waals surface area contributed by atoms with Crippen molar-refractivity contribution in [1.82, 2.24) is 15.0 Å². The summed E-state index contributed by atoms with van der Waals surface area (Å²) in [4.78, 5) is 12.8. The van der Waals surface area contributed by atoms with E-state index in [1.54, 1.807) is 12.3 Å². The van der Waals surface area contributed by atoms with Gasteiger partial charge >= 0.3 is 0 Å². The molecule has 0 saturated carbocycles. The van der Waals surface area contributed by atoms with Crippen LogP contribution in [0, 0.1) is 6.92 Å². The maximum absolute atomic E-state index is 6.38. The van der Waals surface area contributed by atoms with Crippen molar-refractivity contribution in [2.24, 2.45) is 0 Å². The van der Waals surface area contributed by atoms with Crippen LogP contribution in [0.15, 0.2) is 67.1 Å². The van der Waals surface area contributed by atoms with Crippen LogP contribution in [0.4, 0.5) is 11.5 Å². The first-order valence-corrected chi connectivity index (χ1v) is 8.44. The Morgan fingerprint density at radius 2 is 1.85 bits per heavy atom. The number of para-hydroxylation sites is 1. The molecule has 5 nitrogen and oxygen atoms in total. The molecule has 2 heterocycles. The highest BCUT2D eigenvalue weighted by atomic mass is 35.5. The Kier molecular flexibility index (Phi) is 4.37. The van der Waals surface area contributed by atoms with Gasteiger partial charge in [0, 0.05) is 16.8 Å². The molecular formula is C20H15ClN4O. The van der Waals surface area contributed by atoms with E-state index < -0.39 is 0 Å². The lowest BCUT2D eigenvalue weighted by Gasteiger charge is -2.11. The third-order valence-corrected chi connectivity index (χ3v) is 4.14. The summed E-state index contributed by atoms with van der Waals surface area (Å²) < 4.78 is 5.79. The second kappa shape index (κ2) is 6.98. The van der Waals surface area contributed by atoms with Crippen molar-refractivity contribution in [3.63, 3.8) is 0 Å². The first-order valence-electron chi connectivity index (χ1n) is 8.06. The Bertz CT molecular complexity index is 1060. The number of aryl methyl sites for hydroxylation is 1. The molecular weight excluding hydrogens is 348 g/mol. The number of pyridine rings is 1. The average Bonchev–Trinajstić information content (AvgIpc) is 2.66. The number of benzene rings is 2. The van der Waals surface area contributed by atoms with Crippen LogP contribution in [0.5, 0.6) is 11.5 Å². The van der Waals surface area contributed by atoms with Crippen LogP contribution in [0.1, 0.15) is 5.69 Å². The largest absolute Gasteiger partial charge is 0.454 e. The molecule has 0 saturated heterocycles. The van der Waals surface area contributed by atoms with Crippen LogP contribution in [0.3, 0.4) is 0 Å². The molecule has 0 spiro atoms. The molecule has 0 bridgehead atoms. The quantitative estimate of drug-likeness (QED) is 0.517. The van der Waals surface area contributed by atoms with E-state index in [1.165, 1.54) is 6.33 Å². The zero-order valence-corrected chi connectivity index (χ0v) is 14.7. The SMILES string of the molecule is Cc1ccc(Oc2ccc(Nc3ncnc4ccccc34)cc2Cl)cn1. The molecule has 4 aromatic rings. The predicted molar refractivity (Wildman–Crippen MR) is 103 cm³/mol. The smallest absolute Gasteiger partial charge is 0.146 e. The van der Waals surface area contributed by atoms with Crippen molar-refractivity contribution in [2.45, 2.75) is 6.92 Å². The number of ether oxygens (including phenoxy) is 1. The van der Waals surface area contributed by atoms with E-state index in [2.05, 4.69) is 20.3 Å². The molecule has 0 atom stereocenters. The van der Waals surface area contributed by atoms with Crippen molar-refractivity contribution in [2.75, 3.05) is 5.32 Å². The fraction of sp³-hybridized carbons (Fsp3) is 0.0500. The zero-order chi connectivity index (χ0) is 17.9. The highest BCUT2D eigenvalue weighted by Gasteiger charge is 2.08. The van der Waals surface area contributed by atoms with Gasteiger partial charge in [-0.25, -0.2) is 9.97 Å². The maximum atomic E-state index is 6.38. The van der Waals surface area contributed by atoms with Gasteiger partial charge in [-0.2, -0.15) is 0 Å². The Morgan fingerprint density at radius 1 is 0.962 bits per heavy atom. The van der Waals surface area contributed by atoms with Gasteiger partial charge in [-0.05, 0) is 49.4 Å². The molecule has 4 rings (SSSR count). The minimum absolute atomic E-state index is 0.494. The van der Waals surface area contributed by atoms with Crippen molar-refractivity contribution < 1.29 is 4.74 Å². The highest BCUT2D eigenvalue weighted by molar-refractivity contribution is 6.32. The first kappa shape index (κ1) is 16.3. The summed E-state index contributed by atoms with van der Waals surface area (Å²) in [5.74, 6) is 1.93. The number of halogens is 1. The highest BCUT2D eigenvalue weighted by Crippen LogP contribution is 2.33. The van der Waals surface area contributed by atoms with Crippen LogP contribution >= 0.6 is 11.6 Å². The minimum Gasteiger partial charge on any atom is -0.454 e. The van der Waals surface area contributed by atoms with Crippen LogP contribution in [-0.2, 0) is 0 Å². The number of hydrogen-bond donors (Lipinski definition) is 1. The van der Waals surface area contributed by atoms with Crippen LogP contribution in [-0.4, -0.2) is 15.0 Å². The summed E-state index contributed by atoms with van der Waals surface area (Å²) in [6.07, 6.45) is 3.21. The number of rotatable bonds is 4. The van der Waals surface area contributed by atoms with E-state index in [0.717, 1.165) is 28.1 Å². The van der Waals surface area contributed by atoms with Crippen LogP contribution in [0.2, 0.25) is 5.02 Å². The monoisotopic (exact) mass is 362 g/mol. The minimum atomic E-state index is 0.494. The van der Waals surface area contributed by atoms with Crippen LogP contribution in [0.25, 0.3) is 10.9 Å². The lowest BCUT2D eigenvalue weighted by molar-refractivity contribution is 0.480. The van der Waals surface area contributed by atoms with E-state index in [4.69, 9.17) is 16.3 Å². The lowest BCUT2D eigenvalue weighted by atomic mass is 10.2. The van der Waals surface area contributed by atoms with Crippen molar-refractivity contribution in [3.05, 3.63) is 77.8 Å². The number of aromatic nitrogens is 3. The molecule has 2 aromatic heterocycles. The second-order valence-electron chi connectivity index (χ2n) is 5.75. The fourth-order valence-electron chi connectivity index (χ4n) is 2.54. The van der Waals surface area contributed by atoms with Gasteiger partial charge in [-0.3, -0.25) is 4.98 Å².